The molecule has 0 spiro atoms. The Balaban J connectivity index is 1.39. The van der Waals surface area contributed by atoms with Crippen LogP contribution < -0.4 is 15.1 Å². The fourth-order valence-corrected chi connectivity index (χ4v) is 3.83. The van der Waals surface area contributed by atoms with E-state index < -0.39 is 0 Å². The van der Waals surface area contributed by atoms with Gasteiger partial charge in [-0.1, -0.05) is 6.07 Å². The minimum Gasteiger partial charge on any atom is -0.353 e. The summed E-state index contributed by atoms with van der Waals surface area (Å²) in [6.07, 6.45) is 2.37. The minimum atomic E-state index is -0.319. The van der Waals surface area contributed by atoms with Gasteiger partial charge in [-0.2, -0.15) is 4.98 Å². The molecule has 8 heteroatoms. The molecule has 154 valence electrons. The zero-order valence-corrected chi connectivity index (χ0v) is 17.0. The third kappa shape index (κ3) is 4.26. The summed E-state index contributed by atoms with van der Waals surface area (Å²) >= 11 is 0. The molecule has 4 rings (SSSR count). The van der Waals surface area contributed by atoms with Crippen LogP contribution in [0.4, 0.5) is 26.6 Å². The van der Waals surface area contributed by atoms with Crippen molar-refractivity contribution in [3.63, 3.8) is 0 Å². The average Bonchev–Trinajstić information content (AvgIpc) is 3.26. The number of amides is 2. The Morgan fingerprint density at radius 2 is 1.72 bits per heavy atom. The van der Waals surface area contributed by atoms with Gasteiger partial charge in [-0.05, 0) is 38.8 Å². The first kappa shape index (κ1) is 19.4. The van der Waals surface area contributed by atoms with Gasteiger partial charge < -0.3 is 20.0 Å². The van der Waals surface area contributed by atoms with Crippen molar-refractivity contribution in [3.8, 4) is 0 Å². The highest BCUT2D eigenvalue weighted by Gasteiger charge is 2.24. The fraction of sp³-hybridized carbons (Fsp3) is 0.476. The van der Waals surface area contributed by atoms with Gasteiger partial charge in [-0.25, -0.2) is 14.2 Å². The number of hydrogen-bond acceptors (Lipinski definition) is 5. The van der Waals surface area contributed by atoms with Crippen molar-refractivity contribution in [3.05, 3.63) is 41.3 Å². The molecule has 3 heterocycles. The number of anilines is 3. The Hall–Kier alpha value is -2.90. The molecule has 2 aromatic rings. The summed E-state index contributed by atoms with van der Waals surface area (Å²) in [4.78, 5) is 28.2. The van der Waals surface area contributed by atoms with Gasteiger partial charge in [-0.15, -0.1) is 0 Å². The largest absolute Gasteiger partial charge is 0.353 e. The molecule has 1 N–H and O–H groups in total. The van der Waals surface area contributed by atoms with Crippen molar-refractivity contribution in [1.82, 2.24) is 14.9 Å². The number of piperazine rings is 1. The molecule has 0 radical (unpaired) electrons. The van der Waals surface area contributed by atoms with Crippen LogP contribution in [0.2, 0.25) is 0 Å². The zero-order valence-electron chi connectivity index (χ0n) is 17.0. The number of urea groups is 1. The topological polar surface area (TPSA) is 64.6 Å². The van der Waals surface area contributed by atoms with E-state index >= 15 is 0 Å². The van der Waals surface area contributed by atoms with Crippen molar-refractivity contribution >= 4 is 23.5 Å². The highest BCUT2D eigenvalue weighted by Crippen LogP contribution is 2.22. The summed E-state index contributed by atoms with van der Waals surface area (Å²) in [6, 6.07) is 6.52. The third-order valence-corrected chi connectivity index (χ3v) is 5.62. The second-order valence-electron chi connectivity index (χ2n) is 7.68. The van der Waals surface area contributed by atoms with E-state index in [0.29, 0.717) is 37.4 Å². The van der Waals surface area contributed by atoms with E-state index in [1.165, 1.54) is 18.9 Å². The summed E-state index contributed by atoms with van der Waals surface area (Å²) in [5.74, 6) is 1.40. The lowest BCUT2D eigenvalue weighted by molar-refractivity contribution is 0.208. The number of nitrogens with one attached hydrogen (secondary N) is 1. The molecule has 29 heavy (non-hydrogen) atoms. The van der Waals surface area contributed by atoms with Gasteiger partial charge in [0.1, 0.15) is 11.6 Å². The number of carbonyl (C=O) groups excluding carboxylic acids is 1. The highest BCUT2D eigenvalue weighted by molar-refractivity contribution is 5.90. The van der Waals surface area contributed by atoms with Crippen molar-refractivity contribution in [2.45, 2.75) is 26.7 Å². The molecule has 1 aromatic carbocycles. The molecular weight excluding hydrogens is 371 g/mol. The molecule has 2 saturated heterocycles. The maximum absolute atomic E-state index is 13.7. The lowest BCUT2D eigenvalue weighted by Gasteiger charge is -2.35. The van der Waals surface area contributed by atoms with Crippen molar-refractivity contribution in [2.24, 2.45) is 0 Å². The van der Waals surface area contributed by atoms with Crippen LogP contribution in [0.15, 0.2) is 24.3 Å². The molecule has 0 atom stereocenters. The standard InChI is InChI=1S/C21H27FN6O/c1-15-14-19(25-20(23-15)27-8-3-4-9-27)26-10-12-28(13-11-26)21(29)24-18-7-5-6-17(22)16(18)2/h5-7,14H,3-4,8-13H2,1-2H3,(H,24,29). The second-order valence-corrected chi connectivity index (χ2v) is 7.68. The number of carbonyl (C=O) groups is 1. The van der Waals surface area contributed by atoms with Gasteiger partial charge in [0.15, 0.2) is 0 Å². The van der Waals surface area contributed by atoms with E-state index in [9.17, 15) is 9.18 Å². The first-order chi connectivity index (χ1) is 14.0. The SMILES string of the molecule is Cc1cc(N2CCN(C(=O)Nc3cccc(F)c3C)CC2)nc(N2CCCC2)n1. The second kappa shape index (κ2) is 8.23. The number of benzene rings is 1. The van der Waals surface area contributed by atoms with E-state index in [2.05, 4.69) is 20.1 Å². The Labute approximate surface area is 170 Å². The first-order valence-corrected chi connectivity index (χ1v) is 10.2. The van der Waals surface area contributed by atoms with Crippen molar-refractivity contribution in [1.29, 1.82) is 0 Å². The Morgan fingerprint density at radius 3 is 2.45 bits per heavy atom. The number of nitrogens with zero attached hydrogens (tertiary/aromatic N) is 5. The molecule has 2 amide bonds. The van der Waals surface area contributed by atoms with Crippen LogP contribution in [0.5, 0.6) is 0 Å². The first-order valence-electron chi connectivity index (χ1n) is 10.2. The monoisotopic (exact) mass is 398 g/mol. The van der Waals surface area contributed by atoms with E-state index in [-0.39, 0.29) is 11.8 Å². The molecule has 7 nitrogen and oxygen atoms in total. The van der Waals surface area contributed by atoms with E-state index in [4.69, 9.17) is 4.98 Å². The summed E-state index contributed by atoms with van der Waals surface area (Å²) in [5.41, 5.74) is 1.92. The lowest BCUT2D eigenvalue weighted by Crippen LogP contribution is -2.50. The van der Waals surface area contributed by atoms with Gasteiger partial charge in [0.25, 0.3) is 0 Å². The minimum absolute atomic E-state index is 0.199. The van der Waals surface area contributed by atoms with Crippen LogP contribution >= 0.6 is 0 Å². The van der Waals surface area contributed by atoms with Gasteiger partial charge >= 0.3 is 6.03 Å². The van der Waals surface area contributed by atoms with E-state index in [1.807, 2.05) is 13.0 Å². The number of rotatable bonds is 3. The maximum Gasteiger partial charge on any atom is 0.321 e. The number of halogens is 1. The van der Waals surface area contributed by atoms with Gasteiger partial charge in [-0.3, -0.25) is 0 Å². The summed E-state index contributed by atoms with van der Waals surface area (Å²) in [7, 11) is 0. The highest BCUT2D eigenvalue weighted by atomic mass is 19.1. The molecule has 2 fully saturated rings. The normalized spacial score (nSPS) is 17.0. The Morgan fingerprint density at radius 1 is 1.00 bits per heavy atom. The number of aromatic nitrogens is 2. The molecule has 0 unspecified atom stereocenters. The fourth-order valence-electron chi connectivity index (χ4n) is 3.83. The summed E-state index contributed by atoms with van der Waals surface area (Å²) < 4.78 is 13.7. The Bertz CT molecular complexity index is 891. The predicted octanol–water partition coefficient (Wildman–Crippen LogP) is 3.19. The zero-order chi connectivity index (χ0) is 20.4. The van der Waals surface area contributed by atoms with Crippen LogP contribution in [0.1, 0.15) is 24.1 Å². The summed E-state index contributed by atoms with van der Waals surface area (Å²) in [5, 5.41) is 2.83. The average molecular weight is 398 g/mol. The molecule has 1 aromatic heterocycles. The van der Waals surface area contributed by atoms with E-state index in [1.54, 1.807) is 24.0 Å². The van der Waals surface area contributed by atoms with Gasteiger partial charge in [0.2, 0.25) is 5.95 Å². The van der Waals surface area contributed by atoms with Gasteiger partial charge in [0, 0.05) is 62.3 Å². The van der Waals surface area contributed by atoms with Crippen LogP contribution in [0.3, 0.4) is 0 Å². The maximum atomic E-state index is 13.7. The van der Waals surface area contributed by atoms with Crippen LogP contribution in [0.25, 0.3) is 0 Å². The quantitative estimate of drug-likeness (QED) is 0.860. The smallest absolute Gasteiger partial charge is 0.321 e. The van der Waals surface area contributed by atoms with Crippen LogP contribution in [-0.4, -0.2) is 60.2 Å². The lowest BCUT2D eigenvalue weighted by atomic mass is 10.2. The molecule has 2 aliphatic rings. The Kier molecular flexibility index (Phi) is 5.51. The van der Waals surface area contributed by atoms with Crippen molar-refractivity contribution in [2.75, 3.05) is 54.4 Å². The molecule has 0 saturated carbocycles. The molecular formula is C21H27FN6O. The summed E-state index contributed by atoms with van der Waals surface area (Å²) in [6.45, 7) is 8.25. The molecule has 0 bridgehead atoms. The van der Waals surface area contributed by atoms with Crippen LogP contribution in [-0.2, 0) is 0 Å². The van der Waals surface area contributed by atoms with Crippen molar-refractivity contribution < 1.29 is 9.18 Å². The number of aryl methyl sites for hydroxylation is 1. The molecule has 2 aliphatic heterocycles. The van der Waals surface area contributed by atoms with Gasteiger partial charge in [0.05, 0.1) is 0 Å². The van der Waals surface area contributed by atoms with E-state index in [0.717, 1.165) is 30.5 Å². The predicted molar refractivity (Wildman–Crippen MR) is 112 cm³/mol. The third-order valence-electron chi connectivity index (χ3n) is 5.62. The van der Waals surface area contributed by atoms with Crippen LogP contribution in [0, 0.1) is 19.7 Å². The molecule has 0 aliphatic carbocycles. The number of hydrogen-bond donors (Lipinski definition) is 1.